The van der Waals surface area contributed by atoms with E-state index in [1.807, 2.05) is 12.1 Å². The van der Waals surface area contributed by atoms with E-state index in [2.05, 4.69) is 32.0 Å². The molecule has 8 nitrogen and oxygen atoms in total. The third-order valence-corrected chi connectivity index (χ3v) is 5.18. The van der Waals surface area contributed by atoms with Crippen molar-refractivity contribution in [3.05, 3.63) is 35.4 Å². The molecule has 2 aromatic heterocycles. The van der Waals surface area contributed by atoms with Gasteiger partial charge in [-0.1, -0.05) is 23.7 Å². The zero-order valence-corrected chi connectivity index (χ0v) is 16.1. The monoisotopic (exact) mass is 403 g/mol. The number of hydroxylamine groups is 1. The molecule has 0 amide bonds. The normalized spacial score (nSPS) is 16.5. The molecule has 2 unspecified atom stereocenters. The van der Waals surface area contributed by atoms with Crippen molar-refractivity contribution in [2.45, 2.75) is 32.1 Å². The molecule has 9 heteroatoms. The van der Waals surface area contributed by atoms with Crippen LogP contribution < -0.4 is 15.1 Å². The zero-order chi connectivity index (χ0) is 19.7. The van der Waals surface area contributed by atoms with Crippen LogP contribution in [0.1, 0.15) is 19.8 Å². The maximum atomic E-state index is 9.53. The Hall–Kier alpha value is -2.39. The minimum absolute atomic E-state index is 0.182. The first kappa shape index (κ1) is 18.9. The van der Waals surface area contributed by atoms with Gasteiger partial charge in [-0.2, -0.15) is 10.5 Å². The van der Waals surface area contributed by atoms with Gasteiger partial charge in [0.15, 0.2) is 11.9 Å². The largest absolute Gasteiger partial charge is 0.457 e. The SMILES string of the molecule is CC(Oc1nc2nc(-c3ccc(N4CCCC4)cc3)c(Cl)cc2[nH]1)C(O)NO. The van der Waals surface area contributed by atoms with Crippen LogP contribution in [0.5, 0.6) is 6.01 Å². The molecule has 1 fully saturated rings. The number of H-pyrrole nitrogens is 1. The van der Waals surface area contributed by atoms with Crippen molar-refractivity contribution in [3.63, 3.8) is 0 Å². The van der Waals surface area contributed by atoms with Crippen LogP contribution in [0.3, 0.4) is 0 Å². The number of aromatic nitrogens is 3. The predicted molar refractivity (Wildman–Crippen MR) is 107 cm³/mol. The van der Waals surface area contributed by atoms with Crippen LogP contribution >= 0.6 is 11.6 Å². The van der Waals surface area contributed by atoms with Gasteiger partial charge in [0.2, 0.25) is 0 Å². The molecule has 0 aliphatic carbocycles. The van der Waals surface area contributed by atoms with Crippen LogP contribution in [-0.4, -0.2) is 50.7 Å². The summed E-state index contributed by atoms with van der Waals surface area (Å²) in [5.41, 5.74) is 5.57. The molecule has 3 heterocycles. The Balaban J connectivity index is 1.60. The first-order valence-electron chi connectivity index (χ1n) is 9.21. The average Bonchev–Trinajstić information content (AvgIpc) is 3.36. The van der Waals surface area contributed by atoms with Gasteiger partial charge in [-0.05, 0) is 38.0 Å². The van der Waals surface area contributed by atoms with Crippen molar-refractivity contribution in [1.29, 1.82) is 0 Å². The quantitative estimate of drug-likeness (QED) is 0.370. The van der Waals surface area contributed by atoms with Gasteiger partial charge in [0.25, 0.3) is 6.01 Å². The number of hydrogen-bond acceptors (Lipinski definition) is 7. The molecule has 4 N–H and O–H groups in total. The van der Waals surface area contributed by atoms with E-state index in [0.29, 0.717) is 21.9 Å². The van der Waals surface area contributed by atoms with Crippen LogP contribution in [0.2, 0.25) is 5.02 Å². The van der Waals surface area contributed by atoms with E-state index < -0.39 is 12.3 Å². The number of anilines is 1. The molecule has 1 aromatic carbocycles. The molecule has 4 rings (SSSR count). The van der Waals surface area contributed by atoms with E-state index in [1.165, 1.54) is 18.5 Å². The summed E-state index contributed by atoms with van der Waals surface area (Å²) in [5.74, 6) is 0. The number of benzene rings is 1. The summed E-state index contributed by atoms with van der Waals surface area (Å²) >= 11 is 6.45. The van der Waals surface area contributed by atoms with Gasteiger partial charge in [0.05, 0.1) is 16.2 Å². The highest BCUT2D eigenvalue weighted by atomic mass is 35.5. The number of ether oxygens (including phenoxy) is 1. The lowest BCUT2D eigenvalue weighted by molar-refractivity contribution is -0.0588. The third kappa shape index (κ3) is 3.77. The molecule has 0 radical (unpaired) electrons. The van der Waals surface area contributed by atoms with E-state index in [4.69, 9.17) is 21.5 Å². The molecule has 28 heavy (non-hydrogen) atoms. The number of aromatic amines is 1. The number of nitrogens with zero attached hydrogens (tertiary/aromatic N) is 3. The van der Waals surface area contributed by atoms with Crippen molar-refractivity contribution in [2.24, 2.45) is 0 Å². The Morgan fingerprint density at radius 3 is 2.61 bits per heavy atom. The number of aliphatic hydroxyl groups excluding tert-OH is 1. The summed E-state index contributed by atoms with van der Waals surface area (Å²) in [7, 11) is 0. The number of halogens is 1. The number of fused-ring (bicyclic) bond motifs is 1. The molecule has 0 saturated carbocycles. The fourth-order valence-electron chi connectivity index (χ4n) is 3.30. The molecule has 2 atom stereocenters. The molecule has 0 bridgehead atoms. The molecule has 1 aliphatic rings. The summed E-state index contributed by atoms with van der Waals surface area (Å²) in [6.45, 7) is 3.79. The Labute approximate surface area is 167 Å². The summed E-state index contributed by atoms with van der Waals surface area (Å²) in [5, 5.41) is 18.8. The van der Waals surface area contributed by atoms with Crippen molar-refractivity contribution >= 4 is 28.5 Å². The maximum Gasteiger partial charge on any atom is 0.296 e. The molecule has 148 valence electrons. The van der Waals surface area contributed by atoms with Gasteiger partial charge in [0, 0.05) is 24.3 Å². The summed E-state index contributed by atoms with van der Waals surface area (Å²) in [6, 6.07) is 10.1. The van der Waals surface area contributed by atoms with E-state index >= 15 is 0 Å². The number of rotatable bonds is 6. The van der Waals surface area contributed by atoms with Crippen molar-refractivity contribution in [3.8, 4) is 17.3 Å². The van der Waals surface area contributed by atoms with Gasteiger partial charge in [0.1, 0.15) is 6.10 Å². The summed E-state index contributed by atoms with van der Waals surface area (Å²) in [4.78, 5) is 14.2. The van der Waals surface area contributed by atoms with Crippen LogP contribution in [0.4, 0.5) is 5.69 Å². The highest BCUT2D eigenvalue weighted by Gasteiger charge is 2.18. The van der Waals surface area contributed by atoms with E-state index in [1.54, 1.807) is 18.5 Å². The van der Waals surface area contributed by atoms with Gasteiger partial charge >= 0.3 is 0 Å². The second-order valence-corrected chi connectivity index (χ2v) is 7.28. The maximum absolute atomic E-state index is 9.53. The van der Waals surface area contributed by atoms with E-state index in [0.717, 1.165) is 18.7 Å². The second kappa shape index (κ2) is 7.92. The lowest BCUT2D eigenvalue weighted by Gasteiger charge is -2.17. The van der Waals surface area contributed by atoms with Crippen LogP contribution in [0.25, 0.3) is 22.4 Å². The lowest BCUT2D eigenvalue weighted by Crippen LogP contribution is -2.39. The fourth-order valence-corrected chi connectivity index (χ4v) is 3.57. The fraction of sp³-hybridized carbons (Fsp3) is 0.368. The number of aliphatic hydroxyl groups is 1. The Kier molecular flexibility index (Phi) is 5.36. The van der Waals surface area contributed by atoms with Crippen LogP contribution in [0, 0.1) is 0 Å². The number of nitrogens with one attached hydrogen (secondary N) is 2. The highest BCUT2D eigenvalue weighted by Crippen LogP contribution is 2.31. The smallest absolute Gasteiger partial charge is 0.296 e. The Morgan fingerprint density at radius 2 is 1.93 bits per heavy atom. The molecular weight excluding hydrogens is 382 g/mol. The molecule has 1 saturated heterocycles. The first-order valence-corrected chi connectivity index (χ1v) is 9.59. The minimum Gasteiger partial charge on any atom is -0.457 e. The standard InChI is InChI=1S/C19H22ClN5O3/c1-11(18(26)24-27)28-19-21-15-10-14(20)16(22-17(15)23-19)12-4-6-13(7-5-12)25-8-2-3-9-25/h4-7,10-11,18,24,26-27H,2-3,8-9H2,1H3,(H,21,22,23). The average molecular weight is 404 g/mol. The van der Waals surface area contributed by atoms with Gasteiger partial charge < -0.3 is 24.9 Å². The van der Waals surface area contributed by atoms with Crippen molar-refractivity contribution in [2.75, 3.05) is 18.0 Å². The Bertz CT molecular complexity index is 956. The molecule has 0 spiro atoms. The van der Waals surface area contributed by atoms with E-state index in [9.17, 15) is 5.11 Å². The number of pyridine rings is 1. The van der Waals surface area contributed by atoms with Crippen LogP contribution in [0.15, 0.2) is 30.3 Å². The topological polar surface area (TPSA) is 107 Å². The third-order valence-electron chi connectivity index (χ3n) is 4.89. The molecular formula is C19H22ClN5O3. The van der Waals surface area contributed by atoms with Crippen LogP contribution in [-0.2, 0) is 0 Å². The zero-order valence-electron chi connectivity index (χ0n) is 15.4. The van der Waals surface area contributed by atoms with E-state index in [-0.39, 0.29) is 6.01 Å². The van der Waals surface area contributed by atoms with Crippen molar-refractivity contribution in [1.82, 2.24) is 20.4 Å². The van der Waals surface area contributed by atoms with Gasteiger partial charge in [-0.15, -0.1) is 0 Å². The highest BCUT2D eigenvalue weighted by molar-refractivity contribution is 6.33. The van der Waals surface area contributed by atoms with Gasteiger partial charge in [-0.25, -0.2) is 4.98 Å². The van der Waals surface area contributed by atoms with Crippen molar-refractivity contribution < 1.29 is 15.1 Å². The molecule has 3 aromatic rings. The minimum atomic E-state index is -1.24. The predicted octanol–water partition coefficient (Wildman–Crippen LogP) is 2.94. The summed E-state index contributed by atoms with van der Waals surface area (Å²) in [6.07, 6.45) is 0.506. The molecule has 1 aliphatic heterocycles. The first-order chi connectivity index (χ1) is 13.5. The number of imidazole rings is 1. The Morgan fingerprint density at radius 1 is 1.21 bits per heavy atom. The lowest BCUT2D eigenvalue weighted by atomic mass is 10.1. The second-order valence-electron chi connectivity index (χ2n) is 6.87. The number of hydrogen-bond donors (Lipinski definition) is 4. The van der Waals surface area contributed by atoms with Gasteiger partial charge in [-0.3, -0.25) is 0 Å². The summed E-state index contributed by atoms with van der Waals surface area (Å²) < 4.78 is 5.48.